The monoisotopic (exact) mass is 326 g/mol. The average Bonchev–Trinajstić information content (AvgIpc) is 2.36. The van der Waals surface area contributed by atoms with Crippen molar-refractivity contribution in [3.8, 4) is 5.75 Å². The van der Waals surface area contributed by atoms with Gasteiger partial charge in [0.2, 0.25) is 0 Å². The van der Waals surface area contributed by atoms with Crippen molar-refractivity contribution >= 4 is 44.6 Å². The quantitative estimate of drug-likeness (QED) is 0.819. The molecule has 0 atom stereocenters. The van der Waals surface area contributed by atoms with Crippen LogP contribution in [0, 0.1) is 0 Å². The summed E-state index contributed by atoms with van der Waals surface area (Å²) < 4.78 is 5.94. The lowest BCUT2D eigenvalue weighted by Gasteiger charge is -2.11. The molecule has 94 valence electrons. The van der Waals surface area contributed by atoms with Crippen LogP contribution in [0.2, 0.25) is 5.02 Å². The predicted molar refractivity (Wildman–Crippen MR) is 79.8 cm³/mol. The molecule has 0 aliphatic carbocycles. The third kappa shape index (κ3) is 2.89. The van der Waals surface area contributed by atoms with Crippen LogP contribution in [-0.2, 0) is 0 Å². The second-order valence-corrected chi connectivity index (χ2v) is 4.97. The van der Waals surface area contributed by atoms with Crippen molar-refractivity contribution in [2.75, 3.05) is 18.2 Å². The van der Waals surface area contributed by atoms with Gasteiger partial charge in [0.1, 0.15) is 5.75 Å². The largest absolute Gasteiger partial charge is 0.497 e. The van der Waals surface area contributed by atoms with Gasteiger partial charge in [-0.15, -0.1) is 0 Å². The first kappa shape index (κ1) is 13.1. The van der Waals surface area contributed by atoms with Crippen molar-refractivity contribution in [1.82, 2.24) is 0 Å². The molecule has 0 aliphatic heterocycles. The maximum atomic E-state index is 5.94. The Labute approximate surface area is 119 Å². The Morgan fingerprint density at radius 2 is 2.00 bits per heavy atom. The molecule has 0 unspecified atom stereocenters. The zero-order valence-electron chi connectivity index (χ0n) is 9.71. The van der Waals surface area contributed by atoms with E-state index >= 15 is 0 Å². The minimum atomic E-state index is 0.625. The molecule has 0 saturated carbocycles. The van der Waals surface area contributed by atoms with Crippen LogP contribution in [-0.4, -0.2) is 7.11 Å². The van der Waals surface area contributed by atoms with Gasteiger partial charge in [0, 0.05) is 16.2 Å². The Kier molecular flexibility index (Phi) is 3.99. The Balaban J connectivity index is 2.25. The molecule has 2 aromatic carbocycles. The van der Waals surface area contributed by atoms with Gasteiger partial charge in [-0.05, 0) is 46.3 Å². The van der Waals surface area contributed by atoms with Gasteiger partial charge in [-0.2, -0.15) is 0 Å². The van der Waals surface area contributed by atoms with E-state index in [1.807, 2.05) is 30.3 Å². The highest BCUT2D eigenvalue weighted by Gasteiger charge is 2.03. The highest BCUT2D eigenvalue weighted by Crippen LogP contribution is 2.30. The number of nitrogen functional groups attached to an aromatic ring is 1. The Morgan fingerprint density at radius 1 is 1.22 bits per heavy atom. The third-order valence-corrected chi connectivity index (χ3v) is 3.67. The summed E-state index contributed by atoms with van der Waals surface area (Å²) >= 11 is 9.32. The first-order chi connectivity index (χ1) is 8.60. The number of nitrogens with two attached hydrogens (primary N) is 1. The van der Waals surface area contributed by atoms with Crippen LogP contribution in [0.5, 0.6) is 5.75 Å². The molecule has 0 saturated heterocycles. The van der Waals surface area contributed by atoms with Crippen LogP contribution in [0.1, 0.15) is 0 Å². The van der Waals surface area contributed by atoms with Crippen molar-refractivity contribution in [2.24, 2.45) is 0 Å². The van der Waals surface area contributed by atoms with E-state index < -0.39 is 0 Å². The highest BCUT2D eigenvalue weighted by molar-refractivity contribution is 9.10. The molecule has 0 radical (unpaired) electrons. The molecule has 0 heterocycles. The fourth-order valence-corrected chi connectivity index (χ4v) is 2.01. The van der Waals surface area contributed by atoms with Crippen molar-refractivity contribution in [2.45, 2.75) is 0 Å². The van der Waals surface area contributed by atoms with Gasteiger partial charge in [0.15, 0.2) is 0 Å². The molecule has 0 aromatic heterocycles. The van der Waals surface area contributed by atoms with E-state index in [9.17, 15) is 0 Å². The van der Waals surface area contributed by atoms with E-state index in [1.165, 1.54) is 0 Å². The van der Waals surface area contributed by atoms with E-state index in [1.54, 1.807) is 13.2 Å². The van der Waals surface area contributed by atoms with Crippen molar-refractivity contribution in [1.29, 1.82) is 0 Å². The molecule has 5 heteroatoms. The Morgan fingerprint density at radius 3 is 2.61 bits per heavy atom. The number of anilines is 3. The summed E-state index contributed by atoms with van der Waals surface area (Å²) in [5.74, 6) is 0.732. The first-order valence-corrected chi connectivity index (χ1v) is 6.43. The second-order valence-electron chi connectivity index (χ2n) is 3.71. The highest BCUT2D eigenvalue weighted by atomic mass is 79.9. The van der Waals surface area contributed by atoms with Crippen LogP contribution in [0.3, 0.4) is 0 Å². The molecular formula is C13H12BrClN2O. The van der Waals surface area contributed by atoms with Gasteiger partial charge < -0.3 is 15.8 Å². The predicted octanol–water partition coefficient (Wildman–Crippen LogP) is 4.44. The third-order valence-electron chi connectivity index (χ3n) is 2.46. The molecule has 0 fully saturated rings. The minimum Gasteiger partial charge on any atom is -0.497 e. The molecule has 0 amide bonds. The number of benzene rings is 2. The van der Waals surface area contributed by atoms with E-state index in [-0.39, 0.29) is 0 Å². The molecule has 0 aliphatic rings. The number of hydrogen-bond acceptors (Lipinski definition) is 3. The fraction of sp³-hybridized carbons (Fsp3) is 0.0769. The van der Waals surface area contributed by atoms with E-state index in [2.05, 4.69) is 21.2 Å². The average molecular weight is 328 g/mol. The maximum absolute atomic E-state index is 5.94. The molecule has 18 heavy (non-hydrogen) atoms. The van der Waals surface area contributed by atoms with Crippen LogP contribution in [0.15, 0.2) is 40.9 Å². The normalized spacial score (nSPS) is 10.2. The van der Waals surface area contributed by atoms with E-state index in [0.717, 1.165) is 21.6 Å². The van der Waals surface area contributed by atoms with Crippen LogP contribution in [0.25, 0.3) is 0 Å². The lowest BCUT2D eigenvalue weighted by molar-refractivity contribution is 0.415. The first-order valence-electron chi connectivity index (χ1n) is 5.26. The van der Waals surface area contributed by atoms with Gasteiger partial charge in [0.05, 0.1) is 23.5 Å². The summed E-state index contributed by atoms with van der Waals surface area (Å²) in [5, 5.41) is 3.89. The number of nitrogens with one attached hydrogen (secondary N) is 1. The number of halogens is 2. The summed E-state index contributed by atoms with van der Waals surface area (Å²) in [7, 11) is 1.61. The van der Waals surface area contributed by atoms with Crippen molar-refractivity contribution < 1.29 is 4.74 Å². The lowest BCUT2D eigenvalue weighted by atomic mass is 10.2. The summed E-state index contributed by atoms with van der Waals surface area (Å²) in [6.07, 6.45) is 0. The van der Waals surface area contributed by atoms with E-state index in [4.69, 9.17) is 22.1 Å². The number of hydrogen-bond donors (Lipinski definition) is 2. The number of methoxy groups -OCH3 is 1. The van der Waals surface area contributed by atoms with Gasteiger partial charge in [-0.25, -0.2) is 0 Å². The molecular weight excluding hydrogens is 316 g/mol. The Bertz CT molecular complexity index is 575. The smallest absolute Gasteiger partial charge is 0.121 e. The Hall–Kier alpha value is -1.39. The number of rotatable bonds is 3. The summed E-state index contributed by atoms with van der Waals surface area (Å²) in [6.45, 7) is 0. The zero-order chi connectivity index (χ0) is 13.1. The van der Waals surface area contributed by atoms with E-state index in [0.29, 0.717) is 10.7 Å². The summed E-state index contributed by atoms with van der Waals surface area (Å²) in [6, 6.07) is 11.1. The molecule has 2 rings (SSSR count). The van der Waals surface area contributed by atoms with Gasteiger partial charge in [0.25, 0.3) is 0 Å². The molecule has 3 nitrogen and oxygen atoms in total. The maximum Gasteiger partial charge on any atom is 0.121 e. The second kappa shape index (κ2) is 5.50. The summed E-state index contributed by atoms with van der Waals surface area (Å²) in [4.78, 5) is 0. The standard InChI is InChI=1S/C13H12BrClN2O/c1-18-9-3-5-13(12(16)7-9)17-8-2-4-11(15)10(14)6-8/h2-7,17H,16H2,1H3. The topological polar surface area (TPSA) is 47.3 Å². The van der Waals surface area contributed by atoms with Gasteiger partial charge in [-0.3, -0.25) is 0 Å². The lowest BCUT2D eigenvalue weighted by Crippen LogP contribution is -1.97. The van der Waals surface area contributed by atoms with Gasteiger partial charge >= 0.3 is 0 Å². The minimum absolute atomic E-state index is 0.625. The zero-order valence-corrected chi connectivity index (χ0v) is 12.0. The van der Waals surface area contributed by atoms with Crippen LogP contribution < -0.4 is 15.8 Å². The summed E-state index contributed by atoms with van der Waals surface area (Å²) in [5.41, 5.74) is 8.29. The van der Waals surface area contributed by atoms with Crippen molar-refractivity contribution in [3.63, 3.8) is 0 Å². The van der Waals surface area contributed by atoms with Crippen LogP contribution in [0.4, 0.5) is 17.1 Å². The SMILES string of the molecule is COc1ccc(Nc2ccc(Cl)c(Br)c2)c(N)c1. The van der Waals surface area contributed by atoms with Crippen LogP contribution >= 0.6 is 27.5 Å². The fourth-order valence-electron chi connectivity index (χ4n) is 1.51. The van der Waals surface area contributed by atoms with Crippen molar-refractivity contribution in [3.05, 3.63) is 45.9 Å². The molecule has 0 spiro atoms. The molecule has 0 bridgehead atoms. The molecule has 2 aromatic rings. The molecule has 3 N–H and O–H groups in total. The number of ether oxygens (including phenoxy) is 1. The van der Waals surface area contributed by atoms with Gasteiger partial charge in [-0.1, -0.05) is 11.6 Å².